The highest BCUT2D eigenvalue weighted by Crippen LogP contribution is 2.36. The van der Waals surface area contributed by atoms with Crippen molar-refractivity contribution in [2.24, 2.45) is 5.73 Å². The van der Waals surface area contributed by atoms with Crippen molar-refractivity contribution in [3.63, 3.8) is 0 Å². The van der Waals surface area contributed by atoms with E-state index in [2.05, 4.69) is 20.5 Å². The number of pyridine rings is 3. The summed E-state index contributed by atoms with van der Waals surface area (Å²) < 4.78 is 47.4. The molecule has 11 aromatic rings. The summed E-state index contributed by atoms with van der Waals surface area (Å²) in [7, 11) is 10.0. The number of aldehydes is 1. The van der Waals surface area contributed by atoms with Gasteiger partial charge in [0, 0.05) is 68.2 Å². The Morgan fingerprint density at radius 1 is 0.609 bits per heavy atom. The fourth-order valence-corrected chi connectivity index (χ4v) is 8.96. The molecule has 0 unspecified atom stereocenters. The maximum atomic E-state index is 12.0. The number of aryl methyl sites for hydroxylation is 2. The van der Waals surface area contributed by atoms with Gasteiger partial charge in [-0.2, -0.15) is 0 Å². The molecular formula is C66H74N10O11. The van der Waals surface area contributed by atoms with E-state index in [0.717, 1.165) is 95.6 Å². The molecule has 0 fully saturated rings. The second kappa shape index (κ2) is 29.0. The number of hydrogen-bond acceptors (Lipinski definition) is 18. The largest absolute Gasteiger partial charge is 0.497 e. The minimum Gasteiger partial charge on any atom is -0.497 e. The first kappa shape index (κ1) is 64.2. The molecule has 6 N–H and O–H groups in total. The van der Waals surface area contributed by atoms with Crippen LogP contribution in [-0.2, 0) is 38.4 Å². The fourth-order valence-electron chi connectivity index (χ4n) is 8.96. The van der Waals surface area contributed by atoms with Gasteiger partial charge in [0.2, 0.25) is 7.05 Å². The summed E-state index contributed by atoms with van der Waals surface area (Å²) in [6.45, 7) is 17.5. The van der Waals surface area contributed by atoms with Crippen LogP contribution in [0.4, 0.5) is 17.5 Å². The molecule has 21 nitrogen and oxygen atoms in total. The number of carbonyl (C=O) groups is 3. The van der Waals surface area contributed by atoms with E-state index in [1.165, 1.54) is 7.05 Å². The monoisotopic (exact) mass is 1180 g/mol. The molecule has 0 aliphatic heterocycles. The van der Waals surface area contributed by atoms with Gasteiger partial charge in [-0.3, -0.25) is 23.2 Å². The van der Waals surface area contributed by atoms with Crippen molar-refractivity contribution in [3.8, 4) is 40.2 Å². The predicted molar refractivity (Wildman–Crippen MR) is 339 cm³/mol. The second-order valence-electron chi connectivity index (χ2n) is 21.5. The van der Waals surface area contributed by atoms with Gasteiger partial charge in [0.1, 0.15) is 85.3 Å². The van der Waals surface area contributed by atoms with E-state index in [1.807, 2.05) is 162 Å². The van der Waals surface area contributed by atoms with Crippen LogP contribution < -0.4 is 36.3 Å². The van der Waals surface area contributed by atoms with E-state index in [-0.39, 0.29) is 11.9 Å². The highest BCUT2D eigenvalue weighted by Gasteiger charge is 2.21. The van der Waals surface area contributed by atoms with Crippen molar-refractivity contribution in [2.45, 2.75) is 85.0 Å². The number of nitrogens with one attached hydrogen (secondary N) is 2. The number of nitrogens with zero attached hydrogens (tertiary/aromatic N) is 6. The van der Waals surface area contributed by atoms with Crippen molar-refractivity contribution in [3.05, 3.63) is 162 Å². The van der Waals surface area contributed by atoms with Crippen LogP contribution in [0.1, 0.15) is 81.6 Å². The Kier molecular flexibility index (Phi) is 21.4. The Morgan fingerprint density at radius 2 is 1.02 bits per heavy atom. The summed E-state index contributed by atoms with van der Waals surface area (Å²) in [5.41, 5.74) is 18.8. The zero-order valence-corrected chi connectivity index (χ0v) is 51.1. The van der Waals surface area contributed by atoms with Gasteiger partial charge in [0.05, 0.1) is 21.3 Å². The molecule has 0 bridgehead atoms. The summed E-state index contributed by atoms with van der Waals surface area (Å²) in [5, 5.41) is 9.23. The number of furan rings is 3. The van der Waals surface area contributed by atoms with Crippen molar-refractivity contribution in [1.29, 1.82) is 0 Å². The quantitative estimate of drug-likeness (QED) is 0.0422. The number of aromatic nitrogens is 5. The van der Waals surface area contributed by atoms with E-state index in [0.29, 0.717) is 67.2 Å². The highest BCUT2D eigenvalue weighted by molar-refractivity contribution is 5.88. The van der Waals surface area contributed by atoms with Gasteiger partial charge < -0.3 is 63.9 Å². The van der Waals surface area contributed by atoms with Gasteiger partial charge >= 0.3 is 11.9 Å². The SMILES string of the molecule is CC(C)(C)OC(=O)CCc1ccnc(N)c1.CNc1c(-c2cc3cc(OC)ccc3o2)nc2cc(CCC(=O)OC(C)(C)C)ccn12.CNc1c(-c2cc3cc(OC)ccc3o2)nc2cc(CN)ccn12.COc1ccc2oc(C=O)cc2c1.[C-]#[N+]C. The number of methoxy groups -OCH3 is 3. The van der Waals surface area contributed by atoms with Crippen LogP contribution in [0.15, 0.2) is 141 Å². The van der Waals surface area contributed by atoms with Crippen LogP contribution in [0.3, 0.4) is 0 Å². The molecule has 0 radical (unpaired) electrons. The van der Waals surface area contributed by atoms with E-state index >= 15 is 0 Å². The van der Waals surface area contributed by atoms with Crippen LogP contribution in [0.5, 0.6) is 17.2 Å². The number of imidazole rings is 2. The average molecular weight is 1180 g/mol. The molecule has 8 heterocycles. The summed E-state index contributed by atoms with van der Waals surface area (Å²) in [6, 6.07) is 34.0. The number of nitrogen functional groups attached to an aromatic ring is 1. The second-order valence-corrected chi connectivity index (χ2v) is 21.5. The summed E-state index contributed by atoms with van der Waals surface area (Å²) >= 11 is 0. The van der Waals surface area contributed by atoms with Crippen LogP contribution in [0.2, 0.25) is 0 Å². The Labute approximate surface area is 504 Å². The number of fused-ring (bicyclic) bond motifs is 5. The summed E-state index contributed by atoms with van der Waals surface area (Å²) in [5.74, 6) is 5.83. The lowest BCUT2D eigenvalue weighted by atomic mass is 10.1. The standard InChI is InChI=1S/C24H27N3O4.C18H18N4O2.C12H18N2O2.C10H8O3.C2H3N/c1-24(2,3)31-21(28)9-6-15-10-11-27-20(12-15)26-22(23(27)25-4)19-14-16-13-17(29-5)7-8-18(16)30-19;1-20-18-17(21-16-7-11(10-19)5-6-22(16)18)15-9-12-8-13(23-2)3-4-14(12)24-15;1-12(2,3)16-11(15)5-4-9-6-7-14-10(13)8-9;1-12-8-2-3-10-7(4-8)5-9(6-11)13-10;1-3-2/h7-8,10-14,25H,6,9H2,1-5H3;3-9,20H,10,19H2,1-2H3;6-8H,4-5H2,1-3H3,(H2,13,14);2-6H,1H3;1H3. The Bertz CT molecular complexity index is 4190. The molecule has 0 aliphatic rings. The number of nitrogens with two attached hydrogens (primary N) is 2. The third kappa shape index (κ3) is 17.2. The van der Waals surface area contributed by atoms with Crippen LogP contribution >= 0.6 is 0 Å². The third-order valence-electron chi connectivity index (χ3n) is 12.8. The Morgan fingerprint density at radius 3 is 1.43 bits per heavy atom. The smallest absolute Gasteiger partial charge is 0.306 e. The number of rotatable bonds is 15. The van der Waals surface area contributed by atoms with Crippen LogP contribution in [0, 0.1) is 6.57 Å². The molecule has 8 aromatic heterocycles. The Balaban J connectivity index is 0.000000171. The molecule has 454 valence electrons. The molecule has 0 aliphatic carbocycles. The normalized spacial score (nSPS) is 11.0. The summed E-state index contributed by atoms with van der Waals surface area (Å²) in [4.78, 5) is 50.1. The first-order valence-electron chi connectivity index (χ1n) is 27.8. The minimum absolute atomic E-state index is 0.192. The lowest BCUT2D eigenvalue weighted by Gasteiger charge is -2.19. The maximum Gasteiger partial charge on any atom is 0.306 e. The zero-order valence-electron chi connectivity index (χ0n) is 51.1. The average Bonchev–Trinajstić information content (AvgIpc) is 1.97. The van der Waals surface area contributed by atoms with Crippen molar-refractivity contribution >= 4 is 79.9 Å². The zero-order chi connectivity index (χ0) is 63.0. The topological polar surface area (TPSA) is 265 Å². The molecule has 0 spiro atoms. The van der Waals surface area contributed by atoms with Gasteiger partial charge in [-0.25, -0.2) is 21.5 Å². The number of ether oxygens (including phenoxy) is 5. The van der Waals surface area contributed by atoms with Crippen LogP contribution in [0.25, 0.3) is 72.0 Å². The van der Waals surface area contributed by atoms with Gasteiger partial charge in [-0.05, 0) is 180 Å². The third-order valence-corrected chi connectivity index (χ3v) is 12.8. The van der Waals surface area contributed by atoms with Gasteiger partial charge in [0.15, 0.2) is 23.6 Å². The van der Waals surface area contributed by atoms with Gasteiger partial charge in [-0.1, -0.05) is 0 Å². The lowest BCUT2D eigenvalue weighted by molar-refractivity contribution is -0.155. The molecule has 11 rings (SSSR count). The first-order valence-corrected chi connectivity index (χ1v) is 27.8. The van der Waals surface area contributed by atoms with Crippen molar-refractivity contribution in [1.82, 2.24) is 23.8 Å². The molecule has 21 heteroatoms. The van der Waals surface area contributed by atoms with E-state index in [9.17, 15) is 14.4 Å². The van der Waals surface area contributed by atoms with Crippen molar-refractivity contribution < 1.29 is 51.3 Å². The van der Waals surface area contributed by atoms with E-state index in [1.54, 1.807) is 51.8 Å². The van der Waals surface area contributed by atoms with E-state index < -0.39 is 11.2 Å². The van der Waals surface area contributed by atoms with Gasteiger partial charge in [0.25, 0.3) is 0 Å². The molecular weight excluding hydrogens is 1110 g/mol. The first-order chi connectivity index (χ1) is 41.6. The number of benzene rings is 3. The minimum atomic E-state index is -0.475. The lowest BCUT2D eigenvalue weighted by Crippen LogP contribution is -2.24. The number of esters is 2. The molecule has 87 heavy (non-hydrogen) atoms. The predicted octanol–water partition coefficient (Wildman–Crippen LogP) is 13.1. The van der Waals surface area contributed by atoms with Crippen LogP contribution in [-0.4, -0.2) is 95.7 Å². The molecule has 0 saturated carbocycles. The number of carbonyl (C=O) groups excluding carboxylic acids is 3. The molecule has 3 aromatic carbocycles. The number of hydrogen-bond donors (Lipinski definition) is 4. The highest BCUT2D eigenvalue weighted by atomic mass is 16.6. The fraction of sp³-hybridized carbons (Fsp3) is 0.288. The molecule has 0 amide bonds. The number of anilines is 3. The Hall–Kier alpha value is -10.3. The van der Waals surface area contributed by atoms with Gasteiger partial charge in [-0.15, -0.1) is 0 Å². The van der Waals surface area contributed by atoms with E-state index in [4.69, 9.17) is 64.9 Å². The molecule has 0 atom stereocenters. The molecule has 0 saturated heterocycles. The summed E-state index contributed by atoms with van der Waals surface area (Å²) in [6.07, 6.45) is 8.14. The maximum absolute atomic E-state index is 12.0. The van der Waals surface area contributed by atoms with Crippen molar-refractivity contribution in [2.75, 3.05) is 58.8 Å².